The van der Waals surface area contributed by atoms with Crippen LogP contribution in [0, 0.1) is 5.82 Å². The van der Waals surface area contributed by atoms with Gasteiger partial charge in [0.2, 0.25) is 5.91 Å². The quantitative estimate of drug-likeness (QED) is 0.505. The van der Waals surface area contributed by atoms with Crippen LogP contribution in [0.3, 0.4) is 0 Å². The Labute approximate surface area is 177 Å². The zero-order valence-electron chi connectivity index (χ0n) is 15.7. The van der Waals surface area contributed by atoms with E-state index in [1.54, 1.807) is 11.3 Å². The van der Waals surface area contributed by atoms with Gasteiger partial charge in [0.05, 0.1) is 15.2 Å². The molecule has 1 amide bonds. The standard InChI is InChI=1S/C22H20ClFN2O2S/c23-16-3-7-20-18(13-16)25-22(29-20)15-9-11-26(12-10-15)21(28)8-6-19(27)14-1-4-17(24)5-2-14/h1-5,7,13,15H,6,8-12H2. The van der Waals surface area contributed by atoms with E-state index in [0.29, 0.717) is 29.6 Å². The van der Waals surface area contributed by atoms with Crippen molar-refractivity contribution in [2.45, 2.75) is 31.6 Å². The molecule has 29 heavy (non-hydrogen) atoms. The molecule has 0 N–H and O–H groups in total. The summed E-state index contributed by atoms with van der Waals surface area (Å²) in [5.41, 5.74) is 1.36. The Bertz CT molecular complexity index is 1040. The summed E-state index contributed by atoms with van der Waals surface area (Å²) in [6, 6.07) is 11.2. The van der Waals surface area contributed by atoms with Crippen LogP contribution in [0.1, 0.15) is 47.0 Å². The number of likely N-dealkylation sites (tertiary alicyclic amines) is 1. The van der Waals surface area contributed by atoms with Gasteiger partial charge in [-0.2, -0.15) is 0 Å². The molecule has 2 aromatic carbocycles. The highest BCUT2D eigenvalue weighted by molar-refractivity contribution is 7.18. The Kier molecular flexibility index (Phi) is 5.92. The second-order valence-electron chi connectivity index (χ2n) is 7.25. The SMILES string of the molecule is O=C(CCC(=O)N1CCC(c2nc3cc(Cl)ccc3s2)CC1)c1ccc(F)cc1. The topological polar surface area (TPSA) is 50.3 Å². The number of fused-ring (bicyclic) bond motifs is 1. The molecular formula is C22H20ClFN2O2S. The Morgan fingerprint density at radius 1 is 1.10 bits per heavy atom. The molecule has 2 heterocycles. The van der Waals surface area contributed by atoms with Crippen LogP contribution >= 0.6 is 22.9 Å². The summed E-state index contributed by atoms with van der Waals surface area (Å²) >= 11 is 7.74. The number of piperidine rings is 1. The highest BCUT2D eigenvalue weighted by Gasteiger charge is 2.26. The lowest BCUT2D eigenvalue weighted by molar-refractivity contribution is -0.132. The van der Waals surface area contributed by atoms with E-state index in [9.17, 15) is 14.0 Å². The highest BCUT2D eigenvalue weighted by atomic mass is 35.5. The first kappa shape index (κ1) is 20.0. The van der Waals surface area contributed by atoms with Crippen LogP contribution in [0.15, 0.2) is 42.5 Å². The van der Waals surface area contributed by atoms with Gasteiger partial charge in [-0.05, 0) is 55.3 Å². The first-order chi connectivity index (χ1) is 14.0. The maximum absolute atomic E-state index is 13.0. The summed E-state index contributed by atoms with van der Waals surface area (Å²) in [4.78, 5) is 31.2. The number of halogens is 2. The highest BCUT2D eigenvalue weighted by Crippen LogP contribution is 2.34. The molecule has 7 heteroatoms. The van der Waals surface area contributed by atoms with Crippen LogP contribution < -0.4 is 0 Å². The van der Waals surface area contributed by atoms with Gasteiger partial charge < -0.3 is 4.90 Å². The number of thiazole rings is 1. The van der Waals surface area contributed by atoms with Crippen molar-refractivity contribution < 1.29 is 14.0 Å². The average Bonchev–Trinajstić information content (AvgIpc) is 3.15. The minimum Gasteiger partial charge on any atom is -0.343 e. The van der Waals surface area contributed by atoms with Gasteiger partial charge in [-0.1, -0.05) is 11.6 Å². The van der Waals surface area contributed by atoms with Crippen LogP contribution in [-0.2, 0) is 4.79 Å². The van der Waals surface area contributed by atoms with Crippen molar-refractivity contribution in [2.75, 3.05) is 13.1 Å². The van der Waals surface area contributed by atoms with E-state index < -0.39 is 0 Å². The maximum atomic E-state index is 13.0. The first-order valence-corrected chi connectivity index (χ1v) is 10.8. The molecule has 1 fully saturated rings. The Morgan fingerprint density at radius 3 is 2.55 bits per heavy atom. The van der Waals surface area contributed by atoms with Crippen molar-refractivity contribution in [1.82, 2.24) is 9.88 Å². The fraction of sp³-hybridized carbons (Fsp3) is 0.318. The van der Waals surface area contributed by atoms with Crippen LogP contribution in [0.2, 0.25) is 5.02 Å². The van der Waals surface area contributed by atoms with Crippen LogP contribution in [0.4, 0.5) is 4.39 Å². The molecule has 1 aliphatic rings. The average molecular weight is 431 g/mol. The summed E-state index contributed by atoms with van der Waals surface area (Å²) < 4.78 is 14.1. The zero-order valence-corrected chi connectivity index (χ0v) is 17.3. The molecule has 4 nitrogen and oxygen atoms in total. The third-order valence-corrected chi connectivity index (χ3v) is 6.73. The monoisotopic (exact) mass is 430 g/mol. The lowest BCUT2D eigenvalue weighted by Gasteiger charge is -2.31. The number of Topliss-reactive ketones (excluding diaryl/α,β-unsaturated/α-hetero) is 1. The molecule has 3 aromatic rings. The number of carbonyl (C=O) groups excluding carboxylic acids is 2. The third-order valence-electron chi connectivity index (χ3n) is 5.30. The number of rotatable bonds is 5. The molecule has 4 rings (SSSR count). The largest absolute Gasteiger partial charge is 0.343 e. The molecule has 0 unspecified atom stereocenters. The van der Waals surface area contributed by atoms with E-state index in [0.717, 1.165) is 28.1 Å². The summed E-state index contributed by atoms with van der Waals surface area (Å²) in [6.07, 6.45) is 2.06. The number of benzene rings is 2. The predicted octanol–water partition coefficient (Wildman–Crippen LogP) is 5.46. The third kappa shape index (κ3) is 4.65. The number of hydrogen-bond acceptors (Lipinski definition) is 4. The van der Waals surface area contributed by atoms with E-state index in [4.69, 9.17) is 16.6 Å². The first-order valence-electron chi connectivity index (χ1n) is 9.62. The van der Waals surface area contributed by atoms with Crippen molar-refractivity contribution in [3.05, 3.63) is 63.9 Å². The summed E-state index contributed by atoms with van der Waals surface area (Å²) in [7, 11) is 0. The van der Waals surface area contributed by atoms with Gasteiger partial charge in [0.25, 0.3) is 0 Å². The van der Waals surface area contributed by atoms with E-state index in [1.165, 1.54) is 24.3 Å². The van der Waals surface area contributed by atoms with E-state index >= 15 is 0 Å². The molecule has 0 spiro atoms. The number of carbonyl (C=O) groups is 2. The Morgan fingerprint density at radius 2 is 1.83 bits per heavy atom. The number of amides is 1. The van der Waals surface area contributed by atoms with Crippen molar-refractivity contribution in [3.8, 4) is 0 Å². The van der Waals surface area contributed by atoms with E-state index in [2.05, 4.69) is 0 Å². The molecule has 0 radical (unpaired) electrons. The van der Waals surface area contributed by atoms with Crippen LogP contribution in [0.5, 0.6) is 0 Å². The molecule has 0 atom stereocenters. The van der Waals surface area contributed by atoms with Gasteiger partial charge in [0.15, 0.2) is 5.78 Å². The molecule has 150 valence electrons. The molecule has 1 aliphatic heterocycles. The molecule has 0 saturated carbocycles. The number of ketones is 1. The lowest BCUT2D eigenvalue weighted by atomic mass is 9.97. The van der Waals surface area contributed by atoms with Gasteiger partial charge in [-0.15, -0.1) is 11.3 Å². The fourth-order valence-corrected chi connectivity index (χ4v) is 4.91. The number of nitrogens with zero attached hydrogens (tertiary/aromatic N) is 2. The molecule has 1 saturated heterocycles. The van der Waals surface area contributed by atoms with Crippen molar-refractivity contribution in [1.29, 1.82) is 0 Å². The van der Waals surface area contributed by atoms with Gasteiger partial charge >= 0.3 is 0 Å². The lowest BCUT2D eigenvalue weighted by Crippen LogP contribution is -2.38. The van der Waals surface area contributed by atoms with Gasteiger partial charge in [-0.3, -0.25) is 9.59 Å². The predicted molar refractivity (Wildman–Crippen MR) is 113 cm³/mol. The zero-order chi connectivity index (χ0) is 20.4. The van der Waals surface area contributed by atoms with Gasteiger partial charge in [0, 0.05) is 42.4 Å². The van der Waals surface area contributed by atoms with Gasteiger partial charge in [0.1, 0.15) is 5.82 Å². The maximum Gasteiger partial charge on any atom is 0.223 e. The molecule has 0 bridgehead atoms. The second kappa shape index (κ2) is 8.59. The van der Waals surface area contributed by atoms with Crippen molar-refractivity contribution in [2.24, 2.45) is 0 Å². The smallest absolute Gasteiger partial charge is 0.223 e. The normalized spacial score (nSPS) is 15.0. The summed E-state index contributed by atoms with van der Waals surface area (Å²) in [5, 5.41) is 1.78. The molecule has 1 aromatic heterocycles. The minimum atomic E-state index is -0.378. The summed E-state index contributed by atoms with van der Waals surface area (Å²) in [6.45, 7) is 1.34. The number of aromatic nitrogens is 1. The van der Waals surface area contributed by atoms with E-state index in [1.807, 2.05) is 23.1 Å². The Balaban J connectivity index is 1.30. The van der Waals surface area contributed by atoms with Crippen LogP contribution in [0.25, 0.3) is 10.2 Å². The molecular weight excluding hydrogens is 411 g/mol. The Hall–Kier alpha value is -2.31. The fourth-order valence-electron chi connectivity index (χ4n) is 3.63. The van der Waals surface area contributed by atoms with Gasteiger partial charge in [-0.25, -0.2) is 9.37 Å². The minimum absolute atomic E-state index is 0.00464. The van der Waals surface area contributed by atoms with Crippen molar-refractivity contribution in [3.63, 3.8) is 0 Å². The number of hydrogen-bond donors (Lipinski definition) is 0. The van der Waals surface area contributed by atoms with Crippen LogP contribution in [-0.4, -0.2) is 34.7 Å². The molecule has 0 aliphatic carbocycles. The van der Waals surface area contributed by atoms with E-state index in [-0.39, 0.29) is 30.3 Å². The summed E-state index contributed by atoms with van der Waals surface area (Å²) in [5.74, 6) is -0.177. The second-order valence-corrected chi connectivity index (χ2v) is 8.75. The van der Waals surface area contributed by atoms with Crippen molar-refractivity contribution >= 4 is 44.8 Å².